The van der Waals surface area contributed by atoms with Gasteiger partial charge in [0.1, 0.15) is 0 Å². The Kier molecular flexibility index (Phi) is 9.49. The van der Waals surface area contributed by atoms with Crippen molar-refractivity contribution in [3.8, 4) is 0 Å². The predicted octanol–water partition coefficient (Wildman–Crippen LogP) is 4.28. The first-order valence-corrected chi connectivity index (χ1v) is 6.96. The van der Waals surface area contributed by atoms with Gasteiger partial charge in [0.2, 0.25) is 0 Å². The number of carbonyl (C=O) groups is 2. The fourth-order valence-corrected chi connectivity index (χ4v) is 1.35. The standard InChI is InChI=1S/C14H10O2.2C2H6/c15-13-7-3-11(4-8-13)1-2-12-5-9-14(16)10-6-12;2*1-2/h1-10H;2*1-2H3. The van der Waals surface area contributed by atoms with Gasteiger partial charge in [0.05, 0.1) is 0 Å². The molecule has 0 aromatic carbocycles. The number of hydrogen-bond donors (Lipinski definition) is 0. The second kappa shape index (κ2) is 10.7. The lowest BCUT2D eigenvalue weighted by atomic mass is 10.1. The lowest BCUT2D eigenvalue weighted by Gasteiger charge is -1.99. The van der Waals surface area contributed by atoms with Gasteiger partial charge in [-0.15, -0.1) is 0 Å². The third kappa shape index (κ3) is 6.64. The molecule has 0 bridgehead atoms. The lowest BCUT2D eigenvalue weighted by Crippen LogP contribution is -1.92. The summed E-state index contributed by atoms with van der Waals surface area (Å²) in [5.41, 5.74) is 1.93. The molecule has 0 N–H and O–H groups in total. The van der Waals surface area contributed by atoms with Gasteiger partial charge < -0.3 is 0 Å². The molecular formula is C18H22O2. The highest BCUT2D eigenvalue weighted by molar-refractivity contribution is 6.02. The molecule has 0 fully saturated rings. The highest BCUT2D eigenvalue weighted by Gasteiger charge is 1.98. The van der Waals surface area contributed by atoms with E-state index in [-0.39, 0.29) is 11.6 Å². The molecule has 0 heterocycles. The van der Waals surface area contributed by atoms with Crippen LogP contribution in [0.4, 0.5) is 0 Å². The summed E-state index contributed by atoms with van der Waals surface area (Å²) in [6.07, 6.45) is 17.0. The Labute approximate surface area is 121 Å². The van der Waals surface area contributed by atoms with E-state index >= 15 is 0 Å². The summed E-state index contributed by atoms with van der Waals surface area (Å²) < 4.78 is 0. The minimum absolute atomic E-state index is 0.00728. The zero-order valence-electron chi connectivity index (χ0n) is 12.6. The summed E-state index contributed by atoms with van der Waals surface area (Å²) in [7, 11) is 0. The SMILES string of the molecule is CC.CC.O=C1C=CC(=CC=C2C=CC(=O)C=C2)C=C1. The first kappa shape index (κ1) is 17.8. The molecule has 0 saturated heterocycles. The molecule has 2 heteroatoms. The van der Waals surface area contributed by atoms with E-state index in [2.05, 4.69) is 0 Å². The zero-order chi connectivity index (χ0) is 15.4. The Balaban J connectivity index is 0.000000829. The van der Waals surface area contributed by atoms with Crippen molar-refractivity contribution >= 4 is 11.6 Å². The number of hydrogen-bond acceptors (Lipinski definition) is 2. The molecule has 0 saturated carbocycles. The average Bonchev–Trinajstić information content (AvgIpc) is 2.52. The van der Waals surface area contributed by atoms with Gasteiger partial charge in [0, 0.05) is 0 Å². The van der Waals surface area contributed by atoms with E-state index in [0.717, 1.165) is 11.1 Å². The van der Waals surface area contributed by atoms with Crippen molar-refractivity contribution in [2.24, 2.45) is 0 Å². The fourth-order valence-electron chi connectivity index (χ4n) is 1.35. The van der Waals surface area contributed by atoms with Gasteiger partial charge in [-0.05, 0) is 35.5 Å². The minimum Gasteiger partial charge on any atom is -0.290 e. The summed E-state index contributed by atoms with van der Waals surface area (Å²) in [6.45, 7) is 8.00. The van der Waals surface area contributed by atoms with Crippen LogP contribution in [0.2, 0.25) is 0 Å². The first-order chi connectivity index (χ1) is 9.74. The maximum absolute atomic E-state index is 10.9. The average molecular weight is 270 g/mol. The van der Waals surface area contributed by atoms with Crippen molar-refractivity contribution in [2.75, 3.05) is 0 Å². The van der Waals surface area contributed by atoms with Gasteiger partial charge >= 0.3 is 0 Å². The quantitative estimate of drug-likeness (QED) is 0.712. The van der Waals surface area contributed by atoms with Crippen molar-refractivity contribution in [3.05, 3.63) is 71.9 Å². The van der Waals surface area contributed by atoms with Gasteiger partial charge in [-0.2, -0.15) is 0 Å². The molecule has 0 radical (unpaired) electrons. The molecule has 2 rings (SSSR count). The first-order valence-electron chi connectivity index (χ1n) is 6.96. The van der Waals surface area contributed by atoms with Crippen LogP contribution in [0.1, 0.15) is 27.7 Å². The monoisotopic (exact) mass is 270 g/mol. The van der Waals surface area contributed by atoms with Gasteiger partial charge in [0.25, 0.3) is 0 Å². The fraction of sp³-hybridized carbons (Fsp3) is 0.222. The van der Waals surface area contributed by atoms with Crippen molar-refractivity contribution in [3.63, 3.8) is 0 Å². The molecule has 20 heavy (non-hydrogen) atoms. The van der Waals surface area contributed by atoms with Crippen LogP contribution < -0.4 is 0 Å². The number of carbonyl (C=O) groups excluding carboxylic acids is 2. The highest BCUT2D eigenvalue weighted by atomic mass is 16.1. The molecule has 106 valence electrons. The smallest absolute Gasteiger partial charge is 0.178 e. The predicted molar refractivity (Wildman–Crippen MR) is 85.4 cm³/mol. The zero-order valence-corrected chi connectivity index (χ0v) is 12.6. The van der Waals surface area contributed by atoms with Crippen LogP contribution in [0, 0.1) is 0 Å². The molecule has 0 aliphatic heterocycles. The Bertz CT molecular complexity index is 426. The Morgan fingerprint density at radius 3 is 1.05 bits per heavy atom. The normalized spacial score (nSPS) is 15.2. The van der Waals surface area contributed by atoms with Crippen molar-refractivity contribution < 1.29 is 9.59 Å². The van der Waals surface area contributed by atoms with Crippen LogP contribution in [-0.4, -0.2) is 11.6 Å². The van der Waals surface area contributed by atoms with E-state index in [0.29, 0.717) is 0 Å². The van der Waals surface area contributed by atoms with Crippen LogP contribution in [0.15, 0.2) is 71.9 Å². The van der Waals surface area contributed by atoms with Gasteiger partial charge in [0.15, 0.2) is 11.6 Å². The van der Waals surface area contributed by atoms with Crippen LogP contribution in [0.25, 0.3) is 0 Å². The Morgan fingerprint density at radius 2 is 0.800 bits per heavy atom. The van der Waals surface area contributed by atoms with E-state index in [4.69, 9.17) is 0 Å². The van der Waals surface area contributed by atoms with Gasteiger partial charge in [-0.25, -0.2) is 0 Å². The summed E-state index contributed by atoms with van der Waals surface area (Å²) in [6, 6.07) is 0. The Hall–Kier alpha value is -2.22. The molecule has 2 aliphatic rings. The second-order valence-electron chi connectivity index (χ2n) is 3.47. The summed E-state index contributed by atoms with van der Waals surface area (Å²) in [5, 5.41) is 0. The van der Waals surface area contributed by atoms with E-state index in [1.165, 1.54) is 24.3 Å². The van der Waals surface area contributed by atoms with Gasteiger partial charge in [-0.1, -0.05) is 64.2 Å². The van der Waals surface area contributed by atoms with E-state index in [1.54, 1.807) is 24.3 Å². The summed E-state index contributed by atoms with van der Waals surface area (Å²) in [4.78, 5) is 21.7. The molecule has 0 atom stereocenters. The van der Waals surface area contributed by atoms with Crippen LogP contribution in [0.3, 0.4) is 0 Å². The van der Waals surface area contributed by atoms with Crippen LogP contribution in [0.5, 0.6) is 0 Å². The molecule has 0 unspecified atom stereocenters. The van der Waals surface area contributed by atoms with Gasteiger partial charge in [-0.3, -0.25) is 9.59 Å². The summed E-state index contributed by atoms with van der Waals surface area (Å²) >= 11 is 0. The van der Waals surface area contributed by atoms with Crippen molar-refractivity contribution in [1.29, 1.82) is 0 Å². The third-order valence-electron chi connectivity index (χ3n) is 2.23. The molecular weight excluding hydrogens is 248 g/mol. The molecule has 2 aliphatic carbocycles. The largest absolute Gasteiger partial charge is 0.290 e. The maximum Gasteiger partial charge on any atom is 0.178 e. The topological polar surface area (TPSA) is 34.1 Å². The molecule has 2 nitrogen and oxygen atoms in total. The Morgan fingerprint density at radius 1 is 0.550 bits per heavy atom. The van der Waals surface area contributed by atoms with E-state index < -0.39 is 0 Å². The molecule has 0 spiro atoms. The second-order valence-corrected chi connectivity index (χ2v) is 3.47. The third-order valence-corrected chi connectivity index (χ3v) is 2.23. The summed E-state index contributed by atoms with van der Waals surface area (Å²) in [5.74, 6) is 0.0146. The number of allylic oxidation sites excluding steroid dienone is 12. The van der Waals surface area contributed by atoms with E-state index in [1.807, 2.05) is 39.8 Å². The van der Waals surface area contributed by atoms with Crippen molar-refractivity contribution in [2.45, 2.75) is 27.7 Å². The molecule has 0 amide bonds. The number of ketones is 2. The molecule has 0 aromatic heterocycles. The maximum atomic E-state index is 10.9. The van der Waals surface area contributed by atoms with Crippen molar-refractivity contribution in [1.82, 2.24) is 0 Å². The van der Waals surface area contributed by atoms with Crippen LogP contribution in [-0.2, 0) is 9.59 Å². The lowest BCUT2D eigenvalue weighted by molar-refractivity contribution is -0.111. The number of rotatable bonds is 1. The minimum atomic E-state index is 0.00728. The molecule has 0 aromatic rings. The highest BCUT2D eigenvalue weighted by Crippen LogP contribution is 2.10. The van der Waals surface area contributed by atoms with E-state index in [9.17, 15) is 9.59 Å². The van der Waals surface area contributed by atoms with Crippen LogP contribution >= 0.6 is 0 Å².